The standard InChI is InChI=1S/C28H31N3O4/c1-18(32)14-19-2-4-20(5-3-19)16-30-12-10-21(11-13-30)22-6-7-24-23(15-22)17-31(28(24)35)25-8-9-26(33)29-27(25)34/h2-7,15,21,25H,8-14,16-17H2,1H3,(H,29,33,34). The highest BCUT2D eigenvalue weighted by Crippen LogP contribution is 2.34. The number of Topliss-reactive ketones (excluding diaryl/α,β-unsaturated/α-hetero) is 1. The van der Waals surface area contributed by atoms with Gasteiger partial charge in [-0.1, -0.05) is 36.4 Å². The van der Waals surface area contributed by atoms with E-state index in [0.29, 0.717) is 30.9 Å². The highest BCUT2D eigenvalue weighted by atomic mass is 16.2. The van der Waals surface area contributed by atoms with Gasteiger partial charge >= 0.3 is 0 Å². The van der Waals surface area contributed by atoms with Crippen LogP contribution in [0.25, 0.3) is 0 Å². The molecule has 2 aromatic carbocycles. The number of benzene rings is 2. The fourth-order valence-corrected chi connectivity index (χ4v) is 5.58. The van der Waals surface area contributed by atoms with Crippen LogP contribution in [-0.4, -0.2) is 52.4 Å². The Kier molecular flexibility index (Phi) is 6.52. The lowest BCUT2D eigenvalue weighted by Crippen LogP contribution is -2.52. The van der Waals surface area contributed by atoms with Crippen LogP contribution in [0.3, 0.4) is 0 Å². The lowest BCUT2D eigenvalue weighted by Gasteiger charge is -2.32. The van der Waals surface area contributed by atoms with Crippen LogP contribution in [0.4, 0.5) is 0 Å². The molecule has 0 aliphatic carbocycles. The summed E-state index contributed by atoms with van der Waals surface area (Å²) in [6, 6.07) is 13.9. The van der Waals surface area contributed by atoms with Crippen LogP contribution in [0.1, 0.15) is 71.1 Å². The number of nitrogens with zero attached hydrogens (tertiary/aromatic N) is 2. The van der Waals surface area contributed by atoms with Crippen molar-refractivity contribution in [2.45, 2.75) is 64.1 Å². The number of ketones is 1. The minimum Gasteiger partial charge on any atom is -0.322 e. The summed E-state index contributed by atoms with van der Waals surface area (Å²) in [6.07, 6.45) is 3.26. The number of rotatable bonds is 6. The van der Waals surface area contributed by atoms with Crippen molar-refractivity contribution in [2.75, 3.05) is 13.1 Å². The second kappa shape index (κ2) is 9.74. The highest BCUT2D eigenvalue weighted by molar-refractivity contribution is 6.05. The van der Waals surface area contributed by atoms with Crippen LogP contribution in [0.5, 0.6) is 0 Å². The van der Waals surface area contributed by atoms with E-state index >= 15 is 0 Å². The second-order valence-electron chi connectivity index (χ2n) is 10.1. The molecule has 0 bridgehead atoms. The first-order chi connectivity index (χ1) is 16.9. The summed E-state index contributed by atoms with van der Waals surface area (Å²) in [4.78, 5) is 52.1. The zero-order valence-corrected chi connectivity index (χ0v) is 20.1. The van der Waals surface area contributed by atoms with Crippen LogP contribution in [0.15, 0.2) is 42.5 Å². The molecule has 3 aliphatic rings. The van der Waals surface area contributed by atoms with Gasteiger partial charge in [0.1, 0.15) is 11.8 Å². The molecule has 1 atom stereocenters. The van der Waals surface area contributed by atoms with Gasteiger partial charge in [0.2, 0.25) is 11.8 Å². The number of nitrogens with one attached hydrogen (secondary N) is 1. The summed E-state index contributed by atoms with van der Waals surface area (Å²) in [5.74, 6) is -0.128. The lowest BCUT2D eigenvalue weighted by atomic mass is 9.87. The van der Waals surface area contributed by atoms with Crippen molar-refractivity contribution in [2.24, 2.45) is 0 Å². The fourth-order valence-electron chi connectivity index (χ4n) is 5.58. The number of carbonyl (C=O) groups is 4. The molecule has 2 saturated heterocycles. The Morgan fingerprint density at radius 2 is 1.69 bits per heavy atom. The van der Waals surface area contributed by atoms with Gasteiger partial charge in [-0.05, 0) is 73.5 Å². The van der Waals surface area contributed by atoms with Crippen molar-refractivity contribution in [1.29, 1.82) is 0 Å². The van der Waals surface area contributed by atoms with Crippen molar-refractivity contribution in [3.8, 4) is 0 Å². The Balaban J connectivity index is 1.18. The maximum Gasteiger partial charge on any atom is 0.255 e. The summed E-state index contributed by atoms with van der Waals surface area (Å²) in [7, 11) is 0. The number of hydrogen-bond donors (Lipinski definition) is 1. The van der Waals surface area contributed by atoms with Crippen molar-refractivity contribution >= 4 is 23.5 Å². The Labute approximate surface area is 205 Å². The van der Waals surface area contributed by atoms with E-state index in [2.05, 4.69) is 34.5 Å². The van der Waals surface area contributed by atoms with Gasteiger partial charge < -0.3 is 4.90 Å². The molecule has 1 unspecified atom stereocenters. The normalized spacial score (nSPS) is 21.2. The summed E-state index contributed by atoms with van der Waals surface area (Å²) >= 11 is 0. The Morgan fingerprint density at radius 3 is 2.37 bits per heavy atom. The van der Waals surface area contributed by atoms with Gasteiger partial charge in [-0.25, -0.2) is 0 Å². The van der Waals surface area contributed by atoms with E-state index in [-0.39, 0.29) is 29.9 Å². The molecule has 0 aromatic heterocycles. The SMILES string of the molecule is CC(=O)Cc1ccc(CN2CCC(c3ccc4c(c3)CN(C3CCC(=O)NC3=O)C4=O)CC2)cc1. The molecule has 0 spiro atoms. The molecule has 0 saturated carbocycles. The Bertz CT molecular complexity index is 1170. The quantitative estimate of drug-likeness (QED) is 0.652. The van der Waals surface area contributed by atoms with Crippen molar-refractivity contribution in [3.63, 3.8) is 0 Å². The summed E-state index contributed by atoms with van der Waals surface area (Å²) < 4.78 is 0. The van der Waals surface area contributed by atoms with Crippen LogP contribution in [-0.2, 0) is 33.9 Å². The first kappa shape index (κ1) is 23.4. The number of likely N-dealkylation sites (tertiary alicyclic amines) is 1. The van der Waals surface area contributed by atoms with E-state index < -0.39 is 6.04 Å². The van der Waals surface area contributed by atoms with Crippen molar-refractivity contribution in [3.05, 3.63) is 70.3 Å². The number of amides is 3. The van der Waals surface area contributed by atoms with Gasteiger partial charge in [0.05, 0.1) is 0 Å². The zero-order valence-electron chi connectivity index (χ0n) is 20.1. The van der Waals surface area contributed by atoms with Gasteiger partial charge in [-0.2, -0.15) is 0 Å². The second-order valence-corrected chi connectivity index (χ2v) is 10.1. The van der Waals surface area contributed by atoms with Crippen LogP contribution < -0.4 is 5.32 Å². The van der Waals surface area contributed by atoms with Gasteiger partial charge in [0, 0.05) is 31.5 Å². The van der Waals surface area contributed by atoms with E-state index in [4.69, 9.17) is 0 Å². The minimum atomic E-state index is -0.573. The molecule has 3 aliphatic heterocycles. The molecule has 7 nitrogen and oxygen atoms in total. The molecule has 2 fully saturated rings. The maximum absolute atomic E-state index is 12.9. The molecule has 182 valence electrons. The predicted molar refractivity (Wildman–Crippen MR) is 131 cm³/mol. The summed E-state index contributed by atoms with van der Waals surface area (Å²) in [5.41, 5.74) is 5.23. The number of hydrogen-bond acceptors (Lipinski definition) is 5. The smallest absolute Gasteiger partial charge is 0.255 e. The topological polar surface area (TPSA) is 86.8 Å². The molecule has 0 radical (unpaired) electrons. The number of carbonyl (C=O) groups excluding carboxylic acids is 4. The lowest BCUT2D eigenvalue weighted by molar-refractivity contribution is -0.137. The molecule has 35 heavy (non-hydrogen) atoms. The van der Waals surface area contributed by atoms with E-state index in [1.54, 1.807) is 11.8 Å². The average Bonchev–Trinajstić information content (AvgIpc) is 3.16. The highest BCUT2D eigenvalue weighted by Gasteiger charge is 2.39. The van der Waals surface area contributed by atoms with Crippen molar-refractivity contribution in [1.82, 2.24) is 15.1 Å². The molecule has 3 amide bonds. The molecule has 1 N–H and O–H groups in total. The average molecular weight is 474 g/mol. The zero-order chi connectivity index (χ0) is 24.5. The number of fused-ring (bicyclic) bond motifs is 1. The molecule has 5 rings (SSSR count). The third kappa shape index (κ3) is 5.05. The van der Waals surface area contributed by atoms with E-state index in [1.165, 1.54) is 11.1 Å². The van der Waals surface area contributed by atoms with E-state index in [9.17, 15) is 19.2 Å². The molecule has 3 heterocycles. The van der Waals surface area contributed by atoms with Gasteiger partial charge in [-0.15, -0.1) is 0 Å². The maximum atomic E-state index is 12.9. The third-order valence-electron chi connectivity index (χ3n) is 7.49. The first-order valence-corrected chi connectivity index (χ1v) is 12.4. The summed E-state index contributed by atoms with van der Waals surface area (Å²) in [5, 5.41) is 2.36. The van der Waals surface area contributed by atoms with Gasteiger partial charge in [0.25, 0.3) is 5.91 Å². The Hall–Kier alpha value is -3.32. The predicted octanol–water partition coefficient (Wildman–Crippen LogP) is 2.96. The molecule has 7 heteroatoms. The molecular formula is C28H31N3O4. The van der Waals surface area contributed by atoms with E-state index in [1.807, 2.05) is 18.2 Å². The first-order valence-electron chi connectivity index (χ1n) is 12.4. The van der Waals surface area contributed by atoms with Crippen molar-refractivity contribution < 1.29 is 19.2 Å². The van der Waals surface area contributed by atoms with Gasteiger partial charge in [0.15, 0.2) is 0 Å². The molecule has 2 aromatic rings. The largest absolute Gasteiger partial charge is 0.322 e. The number of imide groups is 1. The van der Waals surface area contributed by atoms with Crippen LogP contribution >= 0.6 is 0 Å². The summed E-state index contributed by atoms with van der Waals surface area (Å²) in [6.45, 7) is 4.97. The molecular weight excluding hydrogens is 442 g/mol. The number of piperidine rings is 2. The van der Waals surface area contributed by atoms with Crippen LogP contribution in [0, 0.1) is 0 Å². The van der Waals surface area contributed by atoms with Gasteiger partial charge in [-0.3, -0.25) is 29.4 Å². The Morgan fingerprint density at radius 1 is 0.971 bits per heavy atom. The monoisotopic (exact) mass is 473 g/mol. The minimum absolute atomic E-state index is 0.120. The fraction of sp³-hybridized carbons (Fsp3) is 0.429. The van der Waals surface area contributed by atoms with Crippen LogP contribution in [0.2, 0.25) is 0 Å². The third-order valence-corrected chi connectivity index (χ3v) is 7.49. The van der Waals surface area contributed by atoms with E-state index in [0.717, 1.165) is 43.6 Å².